The fourth-order valence-electron chi connectivity index (χ4n) is 2.96. The Hall–Kier alpha value is -2.50. The summed E-state index contributed by atoms with van der Waals surface area (Å²) in [6.45, 7) is 1.17. The highest BCUT2D eigenvalue weighted by Crippen LogP contribution is 2.23. The summed E-state index contributed by atoms with van der Waals surface area (Å²) in [6.07, 6.45) is 4.13. The van der Waals surface area contributed by atoms with Crippen LogP contribution in [0, 0.1) is 5.92 Å². The quantitative estimate of drug-likeness (QED) is 0.729. The molecule has 2 heterocycles. The molecule has 1 aliphatic heterocycles. The van der Waals surface area contributed by atoms with Crippen molar-refractivity contribution in [3.8, 4) is 5.75 Å². The Morgan fingerprint density at radius 1 is 1.43 bits per heavy atom. The van der Waals surface area contributed by atoms with Gasteiger partial charge in [-0.25, -0.2) is 0 Å². The number of benzene rings is 1. The molecule has 2 amide bonds. The van der Waals surface area contributed by atoms with Gasteiger partial charge < -0.3 is 20.4 Å². The van der Waals surface area contributed by atoms with E-state index in [4.69, 9.17) is 4.74 Å². The summed E-state index contributed by atoms with van der Waals surface area (Å²) in [6, 6.07) is 5.87. The van der Waals surface area contributed by atoms with Crippen LogP contribution in [-0.4, -0.2) is 37.0 Å². The second kappa shape index (κ2) is 6.73. The molecule has 0 unspecified atom stereocenters. The van der Waals surface area contributed by atoms with Crippen LogP contribution in [-0.2, 0) is 16.0 Å². The van der Waals surface area contributed by atoms with E-state index >= 15 is 0 Å². The Morgan fingerprint density at radius 2 is 2.30 bits per heavy atom. The van der Waals surface area contributed by atoms with Gasteiger partial charge in [0.25, 0.3) is 0 Å². The largest absolute Gasteiger partial charge is 0.497 e. The van der Waals surface area contributed by atoms with Crippen molar-refractivity contribution in [3.05, 3.63) is 30.0 Å². The molecule has 23 heavy (non-hydrogen) atoms. The fraction of sp³-hybridized carbons (Fsp3) is 0.412. The number of rotatable bonds is 5. The molecule has 122 valence electrons. The van der Waals surface area contributed by atoms with E-state index in [1.807, 2.05) is 24.4 Å². The number of H-pyrrole nitrogens is 1. The summed E-state index contributed by atoms with van der Waals surface area (Å²) in [5.74, 6) is -0.0849. The summed E-state index contributed by atoms with van der Waals surface area (Å²) in [7, 11) is 1.64. The zero-order valence-electron chi connectivity index (χ0n) is 13.1. The van der Waals surface area contributed by atoms with Gasteiger partial charge in [0.05, 0.1) is 7.11 Å². The molecule has 1 saturated heterocycles. The number of amides is 2. The lowest BCUT2D eigenvalue weighted by Gasteiger charge is -2.20. The SMILES string of the molecule is COc1ccc2[nH]cc(CCNC(=O)[C@H]3CCCNC3=O)c2c1. The molecule has 3 N–H and O–H groups in total. The van der Waals surface area contributed by atoms with Crippen molar-refractivity contribution >= 4 is 22.7 Å². The molecule has 6 heteroatoms. The number of hydrogen-bond acceptors (Lipinski definition) is 3. The highest BCUT2D eigenvalue weighted by molar-refractivity contribution is 6.00. The number of fused-ring (bicyclic) bond motifs is 1. The minimum absolute atomic E-state index is 0.161. The molecule has 3 rings (SSSR count). The smallest absolute Gasteiger partial charge is 0.232 e. The third-order valence-corrected chi connectivity index (χ3v) is 4.27. The van der Waals surface area contributed by atoms with Crippen molar-refractivity contribution in [3.63, 3.8) is 0 Å². The molecule has 1 fully saturated rings. The molecule has 2 aromatic rings. The number of nitrogens with one attached hydrogen (secondary N) is 3. The van der Waals surface area contributed by atoms with Gasteiger partial charge >= 0.3 is 0 Å². The van der Waals surface area contributed by atoms with Crippen LogP contribution >= 0.6 is 0 Å². The highest BCUT2D eigenvalue weighted by atomic mass is 16.5. The fourth-order valence-corrected chi connectivity index (χ4v) is 2.96. The monoisotopic (exact) mass is 315 g/mol. The van der Waals surface area contributed by atoms with E-state index in [2.05, 4.69) is 15.6 Å². The number of piperidine rings is 1. The topological polar surface area (TPSA) is 83.2 Å². The van der Waals surface area contributed by atoms with E-state index in [1.54, 1.807) is 7.11 Å². The van der Waals surface area contributed by atoms with Crippen LogP contribution in [0.5, 0.6) is 5.75 Å². The van der Waals surface area contributed by atoms with E-state index in [-0.39, 0.29) is 11.8 Å². The molecule has 0 saturated carbocycles. The van der Waals surface area contributed by atoms with Gasteiger partial charge in [-0.2, -0.15) is 0 Å². The molecule has 0 radical (unpaired) electrons. The number of aromatic nitrogens is 1. The van der Waals surface area contributed by atoms with Crippen molar-refractivity contribution in [2.45, 2.75) is 19.3 Å². The molecule has 1 aromatic heterocycles. The number of aromatic amines is 1. The first-order chi connectivity index (χ1) is 11.2. The van der Waals surface area contributed by atoms with Crippen LogP contribution in [0.4, 0.5) is 0 Å². The number of methoxy groups -OCH3 is 1. The van der Waals surface area contributed by atoms with Gasteiger partial charge in [0.1, 0.15) is 11.7 Å². The van der Waals surface area contributed by atoms with Crippen LogP contribution in [0.25, 0.3) is 10.9 Å². The summed E-state index contributed by atoms with van der Waals surface area (Å²) < 4.78 is 5.25. The number of carbonyl (C=O) groups is 2. The van der Waals surface area contributed by atoms with Crippen LogP contribution in [0.3, 0.4) is 0 Å². The Bertz CT molecular complexity index is 723. The van der Waals surface area contributed by atoms with Crippen LogP contribution in [0.1, 0.15) is 18.4 Å². The third kappa shape index (κ3) is 3.31. The summed E-state index contributed by atoms with van der Waals surface area (Å²) in [5, 5.41) is 6.70. The summed E-state index contributed by atoms with van der Waals surface area (Å²) >= 11 is 0. The molecule has 0 bridgehead atoms. The van der Waals surface area contributed by atoms with Crippen LogP contribution < -0.4 is 15.4 Å². The van der Waals surface area contributed by atoms with Gasteiger partial charge in [-0.3, -0.25) is 9.59 Å². The molecule has 0 aliphatic carbocycles. The van der Waals surface area contributed by atoms with Crippen molar-refractivity contribution in [1.29, 1.82) is 0 Å². The Labute approximate surface area is 134 Å². The Morgan fingerprint density at radius 3 is 3.09 bits per heavy atom. The standard InChI is InChI=1S/C17H21N3O3/c1-23-12-4-5-15-14(9-12)11(10-20-15)6-8-19-17(22)13-3-2-7-18-16(13)21/h4-5,9-10,13,20H,2-3,6-8H2,1H3,(H,18,21)(H,19,22)/t13-/m0/s1. The van der Waals surface area contributed by atoms with Gasteiger partial charge in [0.15, 0.2) is 0 Å². The first kappa shape index (κ1) is 15.4. The molecule has 0 spiro atoms. The summed E-state index contributed by atoms with van der Waals surface area (Å²) in [5.41, 5.74) is 2.16. The highest BCUT2D eigenvalue weighted by Gasteiger charge is 2.28. The van der Waals surface area contributed by atoms with Crippen molar-refractivity contribution in [2.75, 3.05) is 20.2 Å². The second-order valence-electron chi connectivity index (χ2n) is 5.75. The number of ether oxygens (including phenoxy) is 1. The van der Waals surface area contributed by atoms with Gasteiger partial charge in [-0.1, -0.05) is 0 Å². The lowest BCUT2D eigenvalue weighted by Crippen LogP contribution is -2.45. The maximum Gasteiger partial charge on any atom is 0.232 e. The van der Waals surface area contributed by atoms with E-state index in [9.17, 15) is 9.59 Å². The predicted octanol–water partition coefficient (Wildman–Crippen LogP) is 1.36. The van der Waals surface area contributed by atoms with E-state index in [0.29, 0.717) is 25.9 Å². The summed E-state index contributed by atoms with van der Waals surface area (Å²) in [4.78, 5) is 27.0. The molecule has 1 atom stereocenters. The van der Waals surface area contributed by atoms with E-state index in [1.165, 1.54) is 0 Å². The van der Waals surface area contributed by atoms with Crippen LogP contribution in [0.2, 0.25) is 0 Å². The first-order valence-electron chi connectivity index (χ1n) is 7.88. The van der Waals surface area contributed by atoms with Gasteiger partial charge in [-0.05, 0) is 43.0 Å². The maximum atomic E-state index is 12.1. The molecular weight excluding hydrogens is 294 g/mol. The lowest BCUT2D eigenvalue weighted by atomic mass is 9.98. The van der Waals surface area contributed by atoms with Crippen molar-refractivity contribution < 1.29 is 14.3 Å². The van der Waals surface area contributed by atoms with E-state index < -0.39 is 5.92 Å². The first-order valence-corrected chi connectivity index (χ1v) is 7.88. The Kier molecular flexibility index (Phi) is 4.50. The van der Waals surface area contributed by atoms with Gasteiger partial charge in [-0.15, -0.1) is 0 Å². The minimum atomic E-state index is -0.549. The van der Waals surface area contributed by atoms with Crippen LogP contribution in [0.15, 0.2) is 24.4 Å². The zero-order valence-corrected chi connectivity index (χ0v) is 13.1. The maximum absolute atomic E-state index is 12.1. The van der Waals surface area contributed by atoms with E-state index in [0.717, 1.165) is 28.6 Å². The molecule has 6 nitrogen and oxygen atoms in total. The average Bonchev–Trinajstić information content (AvgIpc) is 2.97. The van der Waals surface area contributed by atoms with Crippen molar-refractivity contribution in [2.24, 2.45) is 5.92 Å². The average molecular weight is 315 g/mol. The van der Waals surface area contributed by atoms with Crippen molar-refractivity contribution in [1.82, 2.24) is 15.6 Å². The lowest BCUT2D eigenvalue weighted by molar-refractivity contribution is -0.136. The van der Waals surface area contributed by atoms with Gasteiger partial charge in [0, 0.05) is 30.2 Å². The minimum Gasteiger partial charge on any atom is -0.497 e. The normalized spacial score (nSPS) is 17.8. The molecule has 1 aromatic carbocycles. The van der Waals surface area contributed by atoms with Gasteiger partial charge in [0.2, 0.25) is 11.8 Å². The molecule has 1 aliphatic rings. The second-order valence-corrected chi connectivity index (χ2v) is 5.75. The zero-order chi connectivity index (χ0) is 16.2. The molecular formula is C17H21N3O3. The number of carbonyl (C=O) groups excluding carboxylic acids is 2. The number of hydrogen-bond donors (Lipinski definition) is 3. The predicted molar refractivity (Wildman–Crippen MR) is 87.3 cm³/mol. The third-order valence-electron chi connectivity index (χ3n) is 4.27. The Balaban J connectivity index is 1.60.